The second-order valence-corrected chi connectivity index (χ2v) is 5.36. The number of rotatable bonds is 2. The van der Waals surface area contributed by atoms with Gasteiger partial charge in [-0.25, -0.2) is 4.98 Å². The Bertz CT molecular complexity index is 794. The first-order valence-electron chi connectivity index (χ1n) is 5.57. The van der Waals surface area contributed by atoms with Crippen LogP contribution in [-0.4, -0.2) is 13.9 Å². The summed E-state index contributed by atoms with van der Waals surface area (Å²) in [6.07, 6.45) is 3.49. The summed E-state index contributed by atoms with van der Waals surface area (Å²) in [6, 6.07) is 10.9. The summed E-state index contributed by atoms with van der Waals surface area (Å²) >= 11 is 6.33. The highest BCUT2D eigenvalue weighted by Gasteiger charge is 2.01. The summed E-state index contributed by atoms with van der Waals surface area (Å²) in [4.78, 5) is 15.3. The Morgan fingerprint density at radius 1 is 1.11 bits per heavy atom. The minimum atomic E-state index is 0.00270. The maximum Gasteiger partial charge on any atom is 0.198 e. The van der Waals surface area contributed by atoms with E-state index < -0.39 is 0 Å². The Hall–Kier alpha value is -2.05. The molecular formula is C13H9N3OS2. The van der Waals surface area contributed by atoms with Gasteiger partial charge in [0.1, 0.15) is 5.82 Å². The minimum absolute atomic E-state index is 0.00270. The maximum atomic E-state index is 11.1. The third-order valence-electron chi connectivity index (χ3n) is 2.68. The van der Waals surface area contributed by atoms with Crippen LogP contribution in [0, 0.1) is 3.95 Å². The molecule has 19 heavy (non-hydrogen) atoms. The first kappa shape index (κ1) is 12.0. The van der Waals surface area contributed by atoms with Crippen molar-refractivity contribution in [2.75, 3.05) is 0 Å². The van der Waals surface area contributed by atoms with Crippen LogP contribution in [0.3, 0.4) is 0 Å². The number of aromatic nitrogens is 3. The van der Waals surface area contributed by atoms with Gasteiger partial charge in [-0.05, 0) is 48.0 Å². The van der Waals surface area contributed by atoms with Gasteiger partial charge in [-0.1, -0.05) is 0 Å². The molecule has 4 nitrogen and oxygen atoms in total. The molecule has 0 saturated carbocycles. The molecule has 0 atom stereocenters. The number of aromatic amines is 1. The average Bonchev–Trinajstić information content (AvgIpc) is 2.87. The molecule has 1 N–H and O–H groups in total. The Morgan fingerprint density at radius 2 is 1.79 bits per heavy atom. The number of hydrogen-bond donors (Lipinski definition) is 1. The van der Waals surface area contributed by atoms with Crippen LogP contribution in [0.15, 0.2) is 53.6 Å². The number of nitrogens with zero attached hydrogens (tertiary/aromatic N) is 2. The van der Waals surface area contributed by atoms with Crippen molar-refractivity contribution in [3.05, 3.63) is 63.0 Å². The smallest absolute Gasteiger partial charge is 0.198 e. The molecule has 0 fully saturated rings. The van der Waals surface area contributed by atoms with E-state index >= 15 is 0 Å². The normalized spacial score (nSPS) is 10.5. The zero-order valence-corrected chi connectivity index (χ0v) is 11.4. The topological polar surface area (TPSA) is 50.7 Å². The summed E-state index contributed by atoms with van der Waals surface area (Å²) in [7, 11) is 0. The van der Waals surface area contributed by atoms with E-state index in [2.05, 4.69) is 9.36 Å². The third-order valence-corrected chi connectivity index (χ3v) is 3.58. The molecule has 6 heteroatoms. The van der Waals surface area contributed by atoms with Crippen LogP contribution in [0.5, 0.6) is 0 Å². The van der Waals surface area contributed by atoms with E-state index in [0.29, 0.717) is 3.95 Å². The summed E-state index contributed by atoms with van der Waals surface area (Å²) in [5.41, 5.74) is 1.97. The van der Waals surface area contributed by atoms with Crippen LogP contribution in [-0.2, 0) is 0 Å². The van der Waals surface area contributed by atoms with Crippen molar-refractivity contribution in [1.29, 1.82) is 0 Å². The van der Waals surface area contributed by atoms with Crippen molar-refractivity contribution >= 4 is 23.8 Å². The Balaban J connectivity index is 1.96. The maximum absolute atomic E-state index is 11.1. The fourth-order valence-electron chi connectivity index (χ4n) is 1.73. The van der Waals surface area contributed by atoms with Crippen LogP contribution in [0.4, 0.5) is 0 Å². The Morgan fingerprint density at radius 3 is 2.37 bits per heavy atom. The molecule has 94 valence electrons. The molecule has 1 aromatic carbocycles. The third kappa shape index (κ3) is 2.54. The van der Waals surface area contributed by atoms with Gasteiger partial charge < -0.3 is 4.57 Å². The zero-order valence-electron chi connectivity index (χ0n) is 9.74. The van der Waals surface area contributed by atoms with Gasteiger partial charge in [-0.2, -0.15) is 0 Å². The zero-order chi connectivity index (χ0) is 13.2. The van der Waals surface area contributed by atoms with Crippen molar-refractivity contribution < 1.29 is 0 Å². The van der Waals surface area contributed by atoms with Gasteiger partial charge in [0.25, 0.3) is 0 Å². The molecular weight excluding hydrogens is 278 g/mol. The highest BCUT2D eigenvalue weighted by molar-refractivity contribution is 7.73. The predicted octanol–water partition coefficient (Wildman–Crippen LogP) is 3.02. The molecule has 2 aromatic heterocycles. The van der Waals surface area contributed by atoms with Crippen LogP contribution in [0.2, 0.25) is 0 Å². The van der Waals surface area contributed by atoms with Crippen molar-refractivity contribution in [3.8, 4) is 17.1 Å². The van der Waals surface area contributed by atoms with Crippen LogP contribution in [0.25, 0.3) is 17.1 Å². The molecule has 0 aliphatic heterocycles. The predicted molar refractivity (Wildman–Crippen MR) is 78.3 cm³/mol. The molecule has 0 radical (unpaired) electrons. The van der Waals surface area contributed by atoms with E-state index in [-0.39, 0.29) is 5.43 Å². The number of pyridine rings is 1. The molecule has 2 heterocycles. The highest BCUT2D eigenvalue weighted by Crippen LogP contribution is 2.18. The molecule has 0 amide bonds. The Labute approximate surface area is 118 Å². The first-order chi connectivity index (χ1) is 9.22. The first-order valence-corrected chi connectivity index (χ1v) is 6.79. The van der Waals surface area contributed by atoms with Gasteiger partial charge in [0.05, 0.1) is 0 Å². The molecule has 0 unspecified atom stereocenters. The molecule has 3 aromatic rings. The standard InChI is InChI=1S/C13H9N3OS2/c17-11-5-7-16(8-6-11)10-3-1-9(2-4-10)12-14-13(18)19-15-12/h1-8H,(H,14,15,18). The van der Waals surface area contributed by atoms with Crippen molar-refractivity contribution in [2.24, 2.45) is 0 Å². The van der Waals surface area contributed by atoms with E-state index in [1.165, 1.54) is 23.7 Å². The van der Waals surface area contributed by atoms with Crippen LogP contribution >= 0.6 is 23.8 Å². The largest absolute Gasteiger partial charge is 0.324 e. The lowest BCUT2D eigenvalue weighted by atomic mass is 10.2. The van der Waals surface area contributed by atoms with E-state index in [1.807, 2.05) is 28.8 Å². The van der Waals surface area contributed by atoms with Crippen molar-refractivity contribution in [1.82, 2.24) is 13.9 Å². The van der Waals surface area contributed by atoms with Gasteiger partial charge in [-0.15, -0.1) is 0 Å². The van der Waals surface area contributed by atoms with Crippen LogP contribution in [0.1, 0.15) is 0 Å². The minimum Gasteiger partial charge on any atom is -0.324 e. The number of hydrogen-bond acceptors (Lipinski definition) is 4. The fraction of sp³-hybridized carbons (Fsp3) is 0. The second kappa shape index (κ2) is 4.91. The van der Waals surface area contributed by atoms with Gasteiger partial charge in [0, 0.05) is 35.8 Å². The SMILES string of the molecule is O=c1ccn(-c2ccc(-c3nc(=S)s[nH]3)cc2)cc1. The highest BCUT2D eigenvalue weighted by atomic mass is 32.2. The van der Waals surface area contributed by atoms with Crippen LogP contribution < -0.4 is 5.43 Å². The van der Waals surface area contributed by atoms with E-state index in [4.69, 9.17) is 12.2 Å². The molecule has 3 rings (SSSR count). The van der Waals surface area contributed by atoms with E-state index in [1.54, 1.807) is 12.4 Å². The van der Waals surface area contributed by atoms with Gasteiger partial charge in [-0.3, -0.25) is 9.17 Å². The average molecular weight is 287 g/mol. The summed E-state index contributed by atoms with van der Waals surface area (Å²) in [6.45, 7) is 0. The lowest BCUT2D eigenvalue weighted by molar-refractivity contribution is 1.04. The van der Waals surface area contributed by atoms with Gasteiger partial charge in [0.15, 0.2) is 9.38 Å². The summed E-state index contributed by atoms with van der Waals surface area (Å²) in [5.74, 6) is 0.779. The van der Waals surface area contributed by atoms with E-state index in [0.717, 1.165) is 17.1 Å². The van der Waals surface area contributed by atoms with Crippen molar-refractivity contribution in [3.63, 3.8) is 0 Å². The monoisotopic (exact) mass is 287 g/mol. The molecule has 0 saturated heterocycles. The lowest BCUT2D eigenvalue weighted by Gasteiger charge is -2.06. The van der Waals surface area contributed by atoms with Gasteiger partial charge >= 0.3 is 0 Å². The number of nitrogens with one attached hydrogen (secondary N) is 1. The Kier molecular flexibility index (Phi) is 3.10. The van der Waals surface area contributed by atoms with E-state index in [9.17, 15) is 4.79 Å². The molecule has 0 aliphatic rings. The lowest BCUT2D eigenvalue weighted by Crippen LogP contribution is -2.01. The summed E-state index contributed by atoms with van der Waals surface area (Å²) in [5, 5.41) is 0. The molecule has 0 spiro atoms. The molecule has 0 aliphatic carbocycles. The van der Waals surface area contributed by atoms with Crippen molar-refractivity contribution in [2.45, 2.75) is 0 Å². The molecule has 0 bridgehead atoms. The number of benzene rings is 1. The summed E-state index contributed by atoms with van der Waals surface area (Å²) < 4.78 is 5.55. The quantitative estimate of drug-likeness (QED) is 0.737. The second-order valence-electron chi connectivity index (χ2n) is 3.92. The fourth-order valence-corrected chi connectivity index (χ4v) is 2.43. The number of H-pyrrole nitrogens is 1. The van der Waals surface area contributed by atoms with Gasteiger partial charge in [0.2, 0.25) is 0 Å².